The van der Waals surface area contributed by atoms with Crippen LogP contribution in [0, 0.1) is 5.82 Å². The Hall–Kier alpha value is -1.67. The average molecular weight is 235 g/mol. The first-order valence-corrected chi connectivity index (χ1v) is 5.09. The molecule has 0 aliphatic carbocycles. The summed E-state index contributed by atoms with van der Waals surface area (Å²) in [4.78, 5) is 10.6. The molecule has 0 fully saturated rings. The van der Waals surface area contributed by atoms with Gasteiger partial charge in [-0.15, -0.1) is 0 Å². The Morgan fingerprint density at radius 3 is 2.50 bits per heavy atom. The van der Waals surface area contributed by atoms with Crippen molar-refractivity contribution >= 4 is 17.9 Å². The van der Waals surface area contributed by atoms with Crippen molar-refractivity contribution in [2.45, 2.75) is 0 Å². The summed E-state index contributed by atoms with van der Waals surface area (Å²) >= 11 is 5.69. The van der Waals surface area contributed by atoms with E-state index in [4.69, 9.17) is 11.6 Å². The highest BCUT2D eigenvalue weighted by Crippen LogP contribution is 2.25. The number of hydrogen-bond donors (Lipinski definition) is 0. The Labute approximate surface area is 97.5 Å². The van der Waals surface area contributed by atoms with Crippen molar-refractivity contribution in [2.24, 2.45) is 0 Å². The third-order valence-corrected chi connectivity index (χ3v) is 2.57. The monoisotopic (exact) mass is 234 g/mol. The topological polar surface area (TPSA) is 17.1 Å². The summed E-state index contributed by atoms with van der Waals surface area (Å²) in [5, 5.41) is 0.0778. The standard InChI is InChI=1S/C13H8ClFO/c14-12-7-11(4-5-13(12)15)10-3-1-2-9(6-10)8-16/h1-8H. The van der Waals surface area contributed by atoms with Crippen LogP contribution in [0.5, 0.6) is 0 Å². The fraction of sp³-hybridized carbons (Fsp3) is 0. The SMILES string of the molecule is O=Cc1cccc(-c2ccc(F)c(Cl)c2)c1. The van der Waals surface area contributed by atoms with Gasteiger partial charge in [-0.05, 0) is 29.3 Å². The molecule has 0 atom stereocenters. The molecule has 0 amide bonds. The van der Waals surface area contributed by atoms with E-state index in [0.717, 1.165) is 17.4 Å². The highest BCUT2D eigenvalue weighted by molar-refractivity contribution is 6.31. The molecule has 1 nitrogen and oxygen atoms in total. The summed E-state index contributed by atoms with van der Waals surface area (Å²) < 4.78 is 13.0. The Balaban J connectivity index is 2.49. The molecule has 2 aromatic carbocycles. The second-order valence-electron chi connectivity index (χ2n) is 3.37. The minimum atomic E-state index is -0.447. The Bertz CT molecular complexity index is 537. The van der Waals surface area contributed by atoms with Crippen LogP contribution in [0.2, 0.25) is 5.02 Å². The van der Waals surface area contributed by atoms with E-state index in [9.17, 15) is 9.18 Å². The second kappa shape index (κ2) is 4.45. The number of rotatable bonds is 2. The van der Waals surface area contributed by atoms with E-state index in [0.29, 0.717) is 5.56 Å². The molecule has 0 aromatic heterocycles. The predicted molar refractivity (Wildman–Crippen MR) is 62.2 cm³/mol. The first kappa shape index (κ1) is 10.8. The zero-order valence-electron chi connectivity index (χ0n) is 8.28. The summed E-state index contributed by atoms with van der Waals surface area (Å²) in [7, 11) is 0. The van der Waals surface area contributed by atoms with Gasteiger partial charge in [-0.2, -0.15) is 0 Å². The molecular weight excluding hydrogens is 227 g/mol. The summed E-state index contributed by atoms with van der Waals surface area (Å²) in [6.45, 7) is 0. The molecular formula is C13H8ClFO. The van der Waals surface area contributed by atoms with Crippen LogP contribution in [0.25, 0.3) is 11.1 Å². The first-order chi connectivity index (χ1) is 7.70. The summed E-state index contributed by atoms with van der Waals surface area (Å²) in [6, 6.07) is 11.5. The molecule has 3 heteroatoms. The van der Waals surface area contributed by atoms with Gasteiger partial charge >= 0.3 is 0 Å². The molecule has 0 saturated heterocycles. The van der Waals surface area contributed by atoms with E-state index in [1.165, 1.54) is 6.07 Å². The first-order valence-electron chi connectivity index (χ1n) is 4.71. The van der Waals surface area contributed by atoms with Gasteiger partial charge in [0.1, 0.15) is 12.1 Å². The number of aldehydes is 1. The molecule has 80 valence electrons. The minimum Gasteiger partial charge on any atom is -0.298 e. The summed E-state index contributed by atoms with van der Waals surface area (Å²) in [5.74, 6) is -0.447. The summed E-state index contributed by atoms with van der Waals surface area (Å²) in [6.07, 6.45) is 0.772. The van der Waals surface area contributed by atoms with E-state index in [1.54, 1.807) is 30.3 Å². The van der Waals surface area contributed by atoms with Crippen LogP contribution < -0.4 is 0 Å². The molecule has 0 unspecified atom stereocenters. The molecule has 0 aliphatic rings. The van der Waals surface area contributed by atoms with Crippen LogP contribution in [0.1, 0.15) is 10.4 Å². The van der Waals surface area contributed by atoms with Gasteiger partial charge < -0.3 is 0 Å². The van der Waals surface area contributed by atoms with E-state index >= 15 is 0 Å². The Kier molecular flexibility index (Phi) is 3.02. The number of benzene rings is 2. The van der Waals surface area contributed by atoms with Crippen molar-refractivity contribution < 1.29 is 9.18 Å². The molecule has 2 aromatic rings. The molecule has 0 heterocycles. The van der Waals surface area contributed by atoms with E-state index in [2.05, 4.69) is 0 Å². The van der Waals surface area contributed by atoms with Gasteiger partial charge in [-0.1, -0.05) is 35.9 Å². The highest BCUT2D eigenvalue weighted by Gasteiger charge is 2.03. The Morgan fingerprint density at radius 2 is 1.81 bits per heavy atom. The number of carbonyl (C=O) groups is 1. The van der Waals surface area contributed by atoms with Gasteiger partial charge in [0.05, 0.1) is 5.02 Å². The van der Waals surface area contributed by atoms with Crippen LogP contribution in [-0.2, 0) is 0 Å². The van der Waals surface area contributed by atoms with Gasteiger partial charge in [0.2, 0.25) is 0 Å². The maximum atomic E-state index is 13.0. The molecule has 0 saturated carbocycles. The van der Waals surface area contributed by atoms with Crippen molar-refractivity contribution in [3.63, 3.8) is 0 Å². The smallest absolute Gasteiger partial charge is 0.150 e. The maximum Gasteiger partial charge on any atom is 0.150 e. The molecule has 16 heavy (non-hydrogen) atoms. The molecule has 0 radical (unpaired) electrons. The average Bonchev–Trinajstić information content (AvgIpc) is 2.33. The van der Waals surface area contributed by atoms with Gasteiger partial charge in [-0.3, -0.25) is 4.79 Å². The third-order valence-electron chi connectivity index (χ3n) is 2.28. The van der Waals surface area contributed by atoms with Crippen LogP contribution >= 0.6 is 11.6 Å². The van der Waals surface area contributed by atoms with Crippen molar-refractivity contribution in [2.75, 3.05) is 0 Å². The largest absolute Gasteiger partial charge is 0.298 e. The Morgan fingerprint density at radius 1 is 1.06 bits per heavy atom. The van der Waals surface area contributed by atoms with Gasteiger partial charge in [0.15, 0.2) is 0 Å². The van der Waals surface area contributed by atoms with Crippen molar-refractivity contribution in [3.05, 3.63) is 58.9 Å². The zero-order valence-corrected chi connectivity index (χ0v) is 9.04. The fourth-order valence-corrected chi connectivity index (χ4v) is 1.65. The third kappa shape index (κ3) is 2.12. The van der Waals surface area contributed by atoms with Gasteiger partial charge in [-0.25, -0.2) is 4.39 Å². The fourth-order valence-electron chi connectivity index (χ4n) is 1.47. The molecule has 0 aliphatic heterocycles. The maximum absolute atomic E-state index is 13.0. The van der Waals surface area contributed by atoms with Crippen LogP contribution in [0.15, 0.2) is 42.5 Å². The van der Waals surface area contributed by atoms with Crippen LogP contribution in [0.3, 0.4) is 0 Å². The summed E-state index contributed by atoms with van der Waals surface area (Å²) in [5.41, 5.74) is 2.21. The minimum absolute atomic E-state index is 0.0778. The molecule has 2 rings (SSSR count). The van der Waals surface area contributed by atoms with Crippen molar-refractivity contribution in [3.8, 4) is 11.1 Å². The second-order valence-corrected chi connectivity index (χ2v) is 3.78. The van der Waals surface area contributed by atoms with Crippen LogP contribution in [-0.4, -0.2) is 6.29 Å². The van der Waals surface area contributed by atoms with E-state index in [-0.39, 0.29) is 5.02 Å². The van der Waals surface area contributed by atoms with Gasteiger partial charge in [0, 0.05) is 5.56 Å². The van der Waals surface area contributed by atoms with Gasteiger partial charge in [0.25, 0.3) is 0 Å². The number of carbonyl (C=O) groups excluding carboxylic acids is 1. The lowest BCUT2D eigenvalue weighted by molar-refractivity contribution is 0.112. The molecule has 0 N–H and O–H groups in total. The van der Waals surface area contributed by atoms with E-state index in [1.807, 2.05) is 6.07 Å². The number of hydrogen-bond acceptors (Lipinski definition) is 1. The quantitative estimate of drug-likeness (QED) is 0.719. The molecule has 0 spiro atoms. The zero-order chi connectivity index (χ0) is 11.5. The van der Waals surface area contributed by atoms with E-state index < -0.39 is 5.82 Å². The number of halogens is 2. The molecule has 0 bridgehead atoms. The normalized spacial score (nSPS) is 10.1. The highest BCUT2D eigenvalue weighted by atomic mass is 35.5. The lowest BCUT2D eigenvalue weighted by Gasteiger charge is -2.03. The predicted octanol–water partition coefficient (Wildman–Crippen LogP) is 3.96. The lowest BCUT2D eigenvalue weighted by atomic mass is 10.0. The van der Waals surface area contributed by atoms with Crippen molar-refractivity contribution in [1.29, 1.82) is 0 Å². The lowest BCUT2D eigenvalue weighted by Crippen LogP contribution is -1.84. The van der Waals surface area contributed by atoms with Crippen LogP contribution in [0.4, 0.5) is 4.39 Å². The van der Waals surface area contributed by atoms with Crippen molar-refractivity contribution in [1.82, 2.24) is 0 Å².